The molecule has 1 aliphatic rings. The molecular weight excluding hydrogens is 414 g/mol. The van der Waals surface area contributed by atoms with Crippen LogP contribution in [-0.2, 0) is 13.6 Å². The lowest BCUT2D eigenvalue weighted by Crippen LogP contribution is -2.58. The molecule has 3 atom stereocenters. The van der Waals surface area contributed by atoms with Crippen molar-refractivity contribution in [2.45, 2.75) is 51.9 Å². The summed E-state index contributed by atoms with van der Waals surface area (Å²) in [4.78, 5) is 26.3. The zero-order chi connectivity index (χ0) is 23.7. The standard InChI is InChI=1S/C25H31N7O/c1-5-21-15-31(16(2)14-32(21)17(3)19-8-6-18(12-26)7-9-19)24-23-22(30(4)25(33)29-24)11-10-20(13-27)28-23/h6-11,16-17,21H,5,12,14-15,26H2,1-4H3/t16-,17?,21?/m0/s1. The summed E-state index contributed by atoms with van der Waals surface area (Å²) in [7, 11) is 1.68. The number of nitrogens with two attached hydrogens (primary N) is 1. The molecule has 1 aromatic carbocycles. The first-order valence-corrected chi connectivity index (χ1v) is 11.5. The van der Waals surface area contributed by atoms with Crippen LogP contribution in [0.1, 0.15) is 50.1 Å². The number of aryl methyl sites for hydroxylation is 1. The lowest BCUT2D eigenvalue weighted by Gasteiger charge is -2.48. The highest BCUT2D eigenvalue weighted by Crippen LogP contribution is 2.32. The first kappa shape index (κ1) is 22.9. The van der Waals surface area contributed by atoms with Crippen molar-refractivity contribution in [2.75, 3.05) is 18.0 Å². The average Bonchev–Trinajstić information content (AvgIpc) is 2.85. The minimum atomic E-state index is -0.319. The Hall–Kier alpha value is -3.28. The van der Waals surface area contributed by atoms with Crippen LogP contribution in [0.3, 0.4) is 0 Å². The number of fused-ring (bicyclic) bond motifs is 1. The van der Waals surface area contributed by atoms with Crippen LogP contribution in [0.4, 0.5) is 5.82 Å². The summed E-state index contributed by atoms with van der Waals surface area (Å²) in [6.07, 6.45) is 0.966. The van der Waals surface area contributed by atoms with Crippen LogP contribution in [0.2, 0.25) is 0 Å². The van der Waals surface area contributed by atoms with Crippen LogP contribution < -0.4 is 16.3 Å². The van der Waals surface area contributed by atoms with Crippen molar-refractivity contribution in [3.8, 4) is 6.07 Å². The Morgan fingerprint density at radius 2 is 1.91 bits per heavy atom. The van der Waals surface area contributed by atoms with Crippen LogP contribution in [0, 0.1) is 11.3 Å². The van der Waals surface area contributed by atoms with E-state index < -0.39 is 0 Å². The molecule has 0 radical (unpaired) electrons. The van der Waals surface area contributed by atoms with Gasteiger partial charge < -0.3 is 10.6 Å². The van der Waals surface area contributed by atoms with Gasteiger partial charge in [0.25, 0.3) is 0 Å². The van der Waals surface area contributed by atoms with Gasteiger partial charge in [-0.25, -0.2) is 9.78 Å². The maximum Gasteiger partial charge on any atom is 0.349 e. The van der Waals surface area contributed by atoms with E-state index >= 15 is 0 Å². The minimum Gasteiger partial charge on any atom is -0.349 e. The van der Waals surface area contributed by atoms with Crippen molar-refractivity contribution in [3.05, 3.63) is 63.7 Å². The van der Waals surface area contributed by atoms with E-state index in [1.165, 1.54) is 10.1 Å². The number of nitriles is 1. The fraction of sp³-hybridized carbons (Fsp3) is 0.440. The third kappa shape index (κ3) is 4.22. The highest BCUT2D eigenvalue weighted by Gasteiger charge is 2.35. The topological polar surface area (TPSA) is 104 Å². The number of benzene rings is 1. The molecule has 2 unspecified atom stereocenters. The van der Waals surface area contributed by atoms with Crippen LogP contribution >= 0.6 is 0 Å². The summed E-state index contributed by atoms with van der Waals surface area (Å²) in [5.74, 6) is 0.566. The fourth-order valence-corrected chi connectivity index (χ4v) is 4.79. The molecule has 0 saturated carbocycles. The molecule has 8 nitrogen and oxygen atoms in total. The molecule has 1 saturated heterocycles. The second kappa shape index (κ2) is 9.30. The molecule has 3 heterocycles. The van der Waals surface area contributed by atoms with Gasteiger partial charge in [-0.1, -0.05) is 31.2 Å². The van der Waals surface area contributed by atoms with Gasteiger partial charge in [0.2, 0.25) is 0 Å². The van der Waals surface area contributed by atoms with E-state index in [1.807, 2.05) is 0 Å². The van der Waals surface area contributed by atoms with Gasteiger partial charge in [-0.3, -0.25) is 9.47 Å². The fourth-order valence-electron chi connectivity index (χ4n) is 4.79. The maximum absolute atomic E-state index is 12.6. The second-order valence-electron chi connectivity index (χ2n) is 8.83. The van der Waals surface area contributed by atoms with Gasteiger partial charge in [0.15, 0.2) is 5.82 Å². The number of hydrogen-bond donors (Lipinski definition) is 1. The van der Waals surface area contributed by atoms with Crippen LogP contribution in [-0.4, -0.2) is 44.6 Å². The normalized spacial score (nSPS) is 20.1. The molecule has 4 rings (SSSR count). The smallest absolute Gasteiger partial charge is 0.349 e. The third-order valence-corrected chi connectivity index (χ3v) is 6.87. The molecule has 2 aromatic heterocycles. The van der Waals surface area contributed by atoms with Crippen LogP contribution in [0.15, 0.2) is 41.2 Å². The number of pyridine rings is 1. The zero-order valence-corrected chi connectivity index (χ0v) is 19.7. The average molecular weight is 446 g/mol. The Balaban J connectivity index is 1.69. The van der Waals surface area contributed by atoms with Crippen molar-refractivity contribution in [3.63, 3.8) is 0 Å². The Bertz CT molecular complexity index is 1240. The van der Waals surface area contributed by atoms with Gasteiger partial charge in [0, 0.05) is 44.8 Å². The molecule has 8 heteroatoms. The van der Waals surface area contributed by atoms with Crippen LogP contribution in [0.5, 0.6) is 0 Å². The molecule has 0 aliphatic carbocycles. The Morgan fingerprint density at radius 3 is 2.55 bits per heavy atom. The number of piperazine rings is 1. The van der Waals surface area contributed by atoms with E-state index in [4.69, 9.17) is 5.73 Å². The van der Waals surface area contributed by atoms with E-state index in [-0.39, 0.29) is 23.8 Å². The van der Waals surface area contributed by atoms with E-state index in [9.17, 15) is 10.1 Å². The molecule has 172 valence electrons. The quantitative estimate of drug-likeness (QED) is 0.644. The van der Waals surface area contributed by atoms with Crippen molar-refractivity contribution in [2.24, 2.45) is 12.8 Å². The summed E-state index contributed by atoms with van der Waals surface area (Å²) in [6, 6.07) is 14.7. The molecule has 0 amide bonds. The summed E-state index contributed by atoms with van der Waals surface area (Å²) < 4.78 is 1.48. The molecular formula is C25H31N7O. The number of hydrogen-bond acceptors (Lipinski definition) is 7. The van der Waals surface area contributed by atoms with E-state index in [0.717, 1.165) is 25.1 Å². The molecule has 3 aromatic rings. The highest BCUT2D eigenvalue weighted by molar-refractivity contribution is 5.86. The van der Waals surface area contributed by atoms with E-state index in [2.05, 4.69) is 70.9 Å². The van der Waals surface area contributed by atoms with Gasteiger partial charge in [-0.05, 0) is 43.5 Å². The molecule has 2 N–H and O–H groups in total. The van der Waals surface area contributed by atoms with Gasteiger partial charge in [-0.15, -0.1) is 0 Å². The molecule has 0 spiro atoms. The second-order valence-corrected chi connectivity index (χ2v) is 8.83. The first-order chi connectivity index (χ1) is 15.9. The molecule has 33 heavy (non-hydrogen) atoms. The van der Waals surface area contributed by atoms with Crippen molar-refractivity contribution in [1.29, 1.82) is 5.26 Å². The molecule has 1 aliphatic heterocycles. The van der Waals surface area contributed by atoms with Gasteiger partial charge >= 0.3 is 5.69 Å². The Morgan fingerprint density at radius 1 is 1.18 bits per heavy atom. The van der Waals surface area contributed by atoms with E-state index in [1.54, 1.807) is 19.2 Å². The van der Waals surface area contributed by atoms with Crippen LogP contribution in [0.25, 0.3) is 11.0 Å². The summed E-state index contributed by atoms with van der Waals surface area (Å²) in [5.41, 5.74) is 9.43. The summed E-state index contributed by atoms with van der Waals surface area (Å²) >= 11 is 0. The molecule has 0 bridgehead atoms. The summed E-state index contributed by atoms with van der Waals surface area (Å²) in [6.45, 7) is 8.70. The van der Waals surface area contributed by atoms with Gasteiger partial charge in [0.1, 0.15) is 17.3 Å². The Kier molecular flexibility index (Phi) is 6.45. The maximum atomic E-state index is 12.6. The van der Waals surface area contributed by atoms with Gasteiger partial charge in [0.05, 0.1) is 5.52 Å². The lowest BCUT2D eigenvalue weighted by atomic mass is 9.98. The Labute approximate surface area is 194 Å². The highest BCUT2D eigenvalue weighted by atomic mass is 16.1. The minimum absolute atomic E-state index is 0.119. The van der Waals surface area contributed by atoms with E-state index in [0.29, 0.717) is 29.1 Å². The number of anilines is 1. The molecule has 1 fully saturated rings. The first-order valence-electron chi connectivity index (χ1n) is 11.5. The number of rotatable bonds is 5. The van der Waals surface area contributed by atoms with Crippen molar-refractivity contribution >= 4 is 16.9 Å². The largest absolute Gasteiger partial charge is 0.349 e. The van der Waals surface area contributed by atoms with Crippen molar-refractivity contribution in [1.82, 2.24) is 19.4 Å². The number of aromatic nitrogens is 3. The summed E-state index contributed by atoms with van der Waals surface area (Å²) in [5, 5.41) is 9.36. The predicted molar refractivity (Wildman–Crippen MR) is 130 cm³/mol. The SMILES string of the molecule is CCC1CN(c2nc(=O)n(C)c3ccc(C#N)nc23)[C@@H](C)CN1C(C)c1ccc(CN)cc1. The van der Waals surface area contributed by atoms with Gasteiger partial charge in [-0.2, -0.15) is 10.2 Å². The lowest BCUT2D eigenvalue weighted by molar-refractivity contribution is 0.106. The third-order valence-electron chi connectivity index (χ3n) is 6.87. The zero-order valence-electron chi connectivity index (χ0n) is 19.7. The van der Waals surface area contributed by atoms with Crippen molar-refractivity contribution < 1.29 is 0 Å². The monoisotopic (exact) mass is 445 g/mol. The number of nitrogens with zero attached hydrogens (tertiary/aromatic N) is 6. The predicted octanol–water partition coefficient (Wildman–Crippen LogP) is 2.71.